The van der Waals surface area contributed by atoms with E-state index in [1.165, 1.54) is 4.90 Å². The molecule has 0 aromatic heterocycles. The fraction of sp³-hybridized carbons (Fsp3) is 0.0800. The van der Waals surface area contributed by atoms with Gasteiger partial charge in [-0.1, -0.05) is 54.6 Å². The van der Waals surface area contributed by atoms with Gasteiger partial charge in [-0.3, -0.25) is 14.5 Å². The first-order chi connectivity index (χ1) is 15.6. The second-order valence-corrected chi connectivity index (χ2v) is 7.64. The molecule has 5 rings (SSSR count). The minimum atomic E-state index is -0.292. The van der Waals surface area contributed by atoms with E-state index in [2.05, 4.69) is 0 Å². The Hall–Kier alpha value is -3.97. The lowest BCUT2D eigenvalue weighted by Gasteiger charge is -2.19. The Morgan fingerprint density at radius 1 is 0.938 bits per heavy atom. The molecule has 1 amide bonds. The van der Waals surface area contributed by atoms with Gasteiger partial charge in [0.25, 0.3) is 5.91 Å². The molecule has 1 saturated heterocycles. The number of nitrogens with zero attached hydrogens (tertiary/aromatic N) is 2. The molecular formula is C25H18N2O4S. The Morgan fingerprint density at radius 2 is 1.62 bits per heavy atom. The van der Waals surface area contributed by atoms with Gasteiger partial charge >= 0.3 is 0 Å². The smallest absolute Gasteiger partial charge is 0.281 e. The van der Waals surface area contributed by atoms with Gasteiger partial charge in [-0.25, -0.2) is 0 Å². The van der Waals surface area contributed by atoms with Crippen LogP contribution in [0.4, 0.5) is 5.69 Å². The third-order valence-corrected chi connectivity index (χ3v) is 5.65. The summed E-state index contributed by atoms with van der Waals surface area (Å²) in [5, 5.41) is 0.262. The van der Waals surface area contributed by atoms with Crippen LogP contribution < -0.4 is 14.4 Å². The van der Waals surface area contributed by atoms with Crippen molar-refractivity contribution in [3.63, 3.8) is 0 Å². The summed E-state index contributed by atoms with van der Waals surface area (Å²) in [5.74, 6) is 0.841. The van der Waals surface area contributed by atoms with Crippen LogP contribution in [0.15, 0.2) is 84.6 Å². The summed E-state index contributed by atoms with van der Waals surface area (Å²) >= 11 is 5.66. The minimum Gasteiger partial charge on any atom is -0.454 e. The molecule has 0 N–H and O–H groups in total. The summed E-state index contributed by atoms with van der Waals surface area (Å²) in [6, 6.07) is 23.5. The highest BCUT2D eigenvalue weighted by Gasteiger charge is 2.40. The summed E-state index contributed by atoms with van der Waals surface area (Å²) in [6.45, 7) is 0.117. The zero-order valence-corrected chi connectivity index (χ0v) is 17.7. The third-order valence-electron chi connectivity index (χ3n) is 5.25. The number of benzene rings is 3. The lowest BCUT2D eigenvalue weighted by Crippen LogP contribution is -2.35. The van der Waals surface area contributed by atoms with E-state index in [9.17, 15) is 9.59 Å². The summed E-state index contributed by atoms with van der Waals surface area (Å²) in [5.41, 5.74) is 2.27. The molecule has 2 aliphatic heterocycles. The van der Waals surface area contributed by atoms with Crippen molar-refractivity contribution in [2.75, 3.05) is 18.2 Å². The highest BCUT2D eigenvalue weighted by molar-refractivity contribution is 7.80. The summed E-state index contributed by atoms with van der Waals surface area (Å²) in [7, 11) is 0. The van der Waals surface area contributed by atoms with Gasteiger partial charge < -0.3 is 14.4 Å². The number of hydrogen-bond donors (Lipinski definition) is 0. The molecule has 0 unspecified atom stereocenters. The molecular weight excluding hydrogens is 424 g/mol. The second-order valence-electron chi connectivity index (χ2n) is 7.28. The molecule has 0 spiro atoms. The number of carbonyl (C=O) groups is 2. The standard InChI is InChI=1S/C25H18N2O4S/c28-21(18-7-3-1-4-8-18)15-26-20(13-17-11-12-22-23(14-17)31-16-30-22)24(29)27(25(26)32)19-9-5-2-6-10-19/h1-14H,15-16H2/b20-13+. The molecule has 7 heteroatoms. The topological polar surface area (TPSA) is 59.1 Å². The quantitative estimate of drug-likeness (QED) is 0.334. The Bertz CT molecular complexity index is 1240. The summed E-state index contributed by atoms with van der Waals surface area (Å²) in [6.07, 6.45) is 1.72. The number of hydrogen-bond acceptors (Lipinski definition) is 5. The summed E-state index contributed by atoms with van der Waals surface area (Å²) in [4.78, 5) is 29.4. The van der Waals surface area contributed by atoms with E-state index < -0.39 is 0 Å². The number of Topliss-reactive ketones (excluding diaryl/α,β-unsaturated/α-hetero) is 1. The van der Waals surface area contributed by atoms with E-state index in [0.717, 1.165) is 5.56 Å². The lowest BCUT2D eigenvalue weighted by molar-refractivity contribution is -0.114. The van der Waals surface area contributed by atoms with Gasteiger partial charge in [-0.05, 0) is 48.1 Å². The molecule has 3 aromatic rings. The Labute approximate surface area is 190 Å². The van der Waals surface area contributed by atoms with Crippen LogP contribution in [0, 0.1) is 0 Å². The maximum atomic E-state index is 13.4. The number of thiocarbonyl (C=S) groups is 1. The Morgan fingerprint density at radius 3 is 2.38 bits per heavy atom. The molecule has 3 aromatic carbocycles. The first kappa shape index (κ1) is 20.0. The highest BCUT2D eigenvalue weighted by Crippen LogP contribution is 2.34. The van der Waals surface area contributed by atoms with Crippen molar-refractivity contribution in [1.82, 2.24) is 4.90 Å². The van der Waals surface area contributed by atoms with Gasteiger partial charge in [0.2, 0.25) is 6.79 Å². The third kappa shape index (κ3) is 3.63. The van der Waals surface area contributed by atoms with Crippen molar-refractivity contribution in [3.8, 4) is 11.5 Å². The predicted molar refractivity (Wildman–Crippen MR) is 125 cm³/mol. The van der Waals surface area contributed by atoms with Gasteiger partial charge in [0.1, 0.15) is 5.70 Å². The molecule has 0 saturated carbocycles. The largest absolute Gasteiger partial charge is 0.454 e. The average molecular weight is 442 g/mol. The zero-order valence-electron chi connectivity index (χ0n) is 16.9. The molecule has 0 bridgehead atoms. The van der Waals surface area contributed by atoms with E-state index >= 15 is 0 Å². The van der Waals surface area contributed by atoms with Crippen LogP contribution in [-0.2, 0) is 4.79 Å². The molecule has 32 heavy (non-hydrogen) atoms. The molecule has 2 heterocycles. The number of amides is 1. The Balaban J connectivity index is 1.54. The lowest BCUT2D eigenvalue weighted by atomic mass is 10.1. The van der Waals surface area contributed by atoms with Gasteiger partial charge in [0, 0.05) is 5.56 Å². The predicted octanol–water partition coefficient (Wildman–Crippen LogP) is 4.27. The number of ether oxygens (including phenoxy) is 2. The normalized spacial score (nSPS) is 16.2. The molecule has 158 valence electrons. The van der Waals surface area contributed by atoms with Crippen molar-refractivity contribution < 1.29 is 19.1 Å². The monoisotopic (exact) mass is 442 g/mol. The van der Waals surface area contributed by atoms with E-state index in [-0.39, 0.29) is 30.1 Å². The van der Waals surface area contributed by atoms with E-state index in [0.29, 0.717) is 28.4 Å². The fourth-order valence-corrected chi connectivity index (χ4v) is 4.01. The number of anilines is 1. The number of ketones is 1. The van der Waals surface area contributed by atoms with Gasteiger partial charge in [0.05, 0.1) is 12.2 Å². The average Bonchev–Trinajstić information content (AvgIpc) is 3.38. The van der Waals surface area contributed by atoms with Crippen LogP contribution >= 0.6 is 12.2 Å². The molecule has 1 fully saturated rings. The van der Waals surface area contributed by atoms with E-state index in [1.54, 1.807) is 47.4 Å². The van der Waals surface area contributed by atoms with Crippen molar-refractivity contribution in [2.24, 2.45) is 0 Å². The highest BCUT2D eigenvalue weighted by atomic mass is 32.1. The molecule has 0 aliphatic carbocycles. The van der Waals surface area contributed by atoms with Crippen LogP contribution in [0.25, 0.3) is 6.08 Å². The number of para-hydroxylation sites is 1. The van der Waals surface area contributed by atoms with Gasteiger partial charge in [-0.2, -0.15) is 0 Å². The molecule has 0 radical (unpaired) electrons. The number of rotatable bonds is 5. The first-order valence-electron chi connectivity index (χ1n) is 10.0. The Kier molecular flexibility index (Phi) is 5.17. The van der Waals surface area contributed by atoms with Crippen molar-refractivity contribution in [3.05, 3.63) is 95.7 Å². The molecule has 6 nitrogen and oxygen atoms in total. The van der Waals surface area contributed by atoms with Crippen LogP contribution in [0.5, 0.6) is 11.5 Å². The van der Waals surface area contributed by atoms with Crippen LogP contribution in [-0.4, -0.2) is 35.0 Å². The first-order valence-corrected chi connectivity index (χ1v) is 10.4. The molecule has 0 atom stereocenters. The SMILES string of the molecule is O=C(CN1C(=S)N(c2ccccc2)C(=O)/C1=C\c1ccc2c(c1)OCO2)c1ccccc1. The van der Waals surface area contributed by atoms with Crippen LogP contribution in [0.2, 0.25) is 0 Å². The maximum Gasteiger partial charge on any atom is 0.281 e. The number of fused-ring (bicyclic) bond motifs is 1. The maximum absolute atomic E-state index is 13.4. The van der Waals surface area contributed by atoms with Gasteiger partial charge in [0.15, 0.2) is 22.4 Å². The number of carbonyl (C=O) groups excluding carboxylic acids is 2. The van der Waals surface area contributed by atoms with Crippen molar-refractivity contribution in [2.45, 2.75) is 0 Å². The van der Waals surface area contributed by atoms with E-state index in [4.69, 9.17) is 21.7 Å². The van der Waals surface area contributed by atoms with E-state index in [1.807, 2.05) is 42.5 Å². The fourth-order valence-electron chi connectivity index (χ4n) is 3.66. The second kappa shape index (κ2) is 8.28. The van der Waals surface area contributed by atoms with Crippen LogP contribution in [0.1, 0.15) is 15.9 Å². The van der Waals surface area contributed by atoms with Crippen molar-refractivity contribution >= 4 is 40.8 Å². The van der Waals surface area contributed by atoms with Gasteiger partial charge in [-0.15, -0.1) is 0 Å². The minimum absolute atomic E-state index is 0.0473. The summed E-state index contributed by atoms with van der Waals surface area (Å²) < 4.78 is 10.8. The zero-order chi connectivity index (χ0) is 22.1. The van der Waals surface area contributed by atoms with Crippen LogP contribution in [0.3, 0.4) is 0 Å². The molecule has 2 aliphatic rings. The van der Waals surface area contributed by atoms with Crippen molar-refractivity contribution in [1.29, 1.82) is 0 Å².